The third-order valence-electron chi connectivity index (χ3n) is 3.11. The number of likely N-dealkylation sites (N-methyl/N-ethyl adjacent to an activating group) is 1. The molecule has 2 aromatic carbocycles. The fraction of sp³-hybridized carbons (Fsp3) is 0.125. The maximum atomic E-state index is 12.1. The molecule has 0 fully saturated rings. The number of hydrogen-bond acceptors (Lipinski definition) is 4. The summed E-state index contributed by atoms with van der Waals surface area (Å²) in [6.45, 7) is -0.0226. The van der Waals surface area contributed by atoms with Gasteiger partial charge in [-0.15, -0.1) is 0 Å². The first-order valence-corrected chi connectivity index (χ1v) is 7.35. The van der Waals surface area contributed by atoms with E-state index < -0.39 is 0 Å². The molecular formula is C16H15KN2O2S. The standard InChI is InChI=1S/C16H14N2O2S.K.H/c1-18(12-7-3-2-4-8-12)15(19)11-20-16-17-13-9-5-6-10-14(13)21-16;;/h2-10H,11H2,1H3;;/q;+1;-1. The molecule has 0 radical (unpaired) electrons. The minimum Gasteiger partial charge on any atom is -1.00 e. The summed E-state index contributed by atoms with van der Waals surface area (Å²) in [5.41, 5.74) is 1.73. The average Bonchev–Trinajstić information content (AvgIpc) is 2.95. The molecule has 0 saturated carbocycles. The largest absolute Gasteiger partial charge is 1.00 e. The number of carbonyl (C=O) groups excluding carboxylic acids is 1. The van der Waals surface area contributed by atoms with Crippen molar-refractivity contribution in [1.29, 1.82) is 0 Å². The van der Waals surface area contributed by atoms with Gasteiger partial charge >= 0.3 is 51.4 Å². The van der Waals surface area contributed by atoms with Crippen LogP contribution in [0.15, 0.2) is 54.6 Å². The van der Waals surface area contributed by atoms with Gasteiger partial charge in [-0.1, -0.05) is 41.7 Å². The van der Waals surface area contributed by atoms with E-state index in [4.69, 9.17) is 4.74 Å². The summed E-state index contributed by atoms with van der Waals surface area (Å²) >= 11 is 1.44. The molecule has 0 aliphatic carbocycles. The monoisotopic (exact) mass is 338 g/mol. The zero-order valence-corrected chi connectivity index (χ0v) is 16.5. The number of amides is 1. The fourth-order valence-corrected chi connectivity index (χ4v) is 2.74. The summed E-state index contributed by atoms with van der Waals surface area (Å²) in [7, 11) is 1.74. The first-order valence-electron chi connectivity index (χ1n) is 6.54. The molecule has 0 aliphatic rings. The molecule has 0 saturated heterocycles. The van der Waals surface area contributed by atoms with E-state index in [1.54, 1.807) is 11.9 Å². The minimum absolute atomic E-state index is 0. The van der Waals surface area contributed by atoms with Crippen LogP contribution in [-0.2, 0) is 4.79 Å². The van der Waals surface area contributed by atoms with Gasteiger partial charge in [-0.05, 0) is 24.3 Å². The van der Waals surface area contributed by atoms with Gasteiger partial charge in [0.2, 0.25) is 0 Å². The summed E-state index contributed by atoms with van der Waals surface area (Å²) in [6, 6.07) is 17.3. The molecule has 3 rings (SSSR count). The van der Waals surface area contributed by atoms with Crippen LogP contribution in [0.4, 0.5) is 5.69 Å². The average molecular weight is 338 g/mol. The van der Waals surface area contributed by atoms with E-state index in [9.17, 15) is 4.79 Å². The van der Waals surface area contributed by atoms with Crippen molar-refractivity contribution >= 4 is 33.1 Å². The SMILES string of the molecule is CN(C(=O)COc1nc2ccccc2s1)c1ccccc1.[H-].[K+]. The Morgan fingerprint density at radius 2 is 1.86 bits per heavy atom. The van der Waals surface area contributed by atoms with Gasteiger partial charge in [-0.3, -0.25) is 4.79 Å². The van der Waals surface area contributed by atoms with Crippen molar-refractivity contribution in [3.8, 4) is 5.19 Å². The van der Waals surface area contributed by atoms with E-state index in [1.165, 1.54) is 11.3 Å². The Balaban J connectivity index is 0.00000132. The van der Waals surface area contributed by atoms with Gasteiger partial charge < -0.3 is 11.1 Å². The Bertz CT molecular complexity index is 734. The summed E-state index contributed by atoms with van der Waals surface area (Å²) in [5, 5.41) is 0.519. The van der Waals surface area contributed by atoms with Crippen LogP contribution < -0.4 is 61.0 Å². The number of ether oxygens (including phenoxy) is 1. The smallest absolute Gasteiger partial charge is 1.00 e. The molecule has 22 heavy (non-hydrogen) atoms. The second kappa shape index (κ2) is 8.19. The van der Waals surface area contributed by atoms with Crippen LogP contribution in [0.25, 0.3) is 10.2 Å². The van der Waals surface area contributed by atoms with Crippen molar-refractivity contribution in [2.45, 2.75) is 0 Å². The van der Waals surface area contributed by atoms with E-state index in [-0.39, 0.29) is 65.3 Å². The van der Waals surface area contributed by atoms with Crippen LogP contribution in [0, 0.1) is 0 Å². The van der Waals surface area contributed by atoms with E-state index in [2.05, 4.69) is 4.98 Å². The third kappa shape index (κ3) is 4.16. The van der Waals surface area contributed by atoms with Crippen molar-refractivity contribution in [2.75, 3.05) is 18.6 Å². The molecule has 1 heterocycles. The summed E-state index contributed by atoms with van der Waals surface area (Å²) in [5.74, 6) is -0.111. The Morgan fingerprint density at radius 1 is 1.18 bits per heavy atom. The topological polar surface area (TPSA) is 42.4 Å². The Labute approximate surface area is 177 Å². The van der Waals surface area contributed by atoms with Gasteiger partial charge in [-0.2, -0.15) is 0 Å². The molecule has 0 spiro atoms. The summed E-state index contributed by atoms with van der Waals surface area (Å²) in [6.07, 6.45) is 0. The van der Waals surface area contributed by atoms with Crippen LogP contribution in [0.3, 0.4) is 0 Å². The third-order valence-corrected chi connectivity index (χ3v) is 4.06. The Hall–Kier alpha value is -0.764. The number of fused-ring (bicyclic) bond motifs is 1. The molecule has 4 nitrogen and oxygen atoms in total. The van der Waals surface area contributed by atoms with E-state index in [0.717, 1.165) is 15.9 Å². The van der Waals surface area contributed by atoms with Gasteiger partial charge in [0.25, 0.3) is 11.1 Å². The summed E-state index contributed by atoms with van der Waals surface area (Å²) < 4.78 is 6.56. The molecule has 108 valence electrons. The molecule has 6 heteroatoms. The number of benzene rings is 2. The van der Waals surface area contributed by atoms with Gasteiger partial charge in [0.15, 0.2) is 6.61 Å². The quantitative estimate of drug-likeness (QED) is 0.649. The Kier molecular flexibility index (Phi) is 6.55. The number of nitrogens with zero attached hydrogens (tertiary/aromatic N) is 2. The van der Waals surface area contributed by atoms with Crippen molar-refractivity contribution in [3.63, 3.8) is 0 Å². The molecule has 1 aromatic heterocycles. The molecule has 0 unspecified atom stereocenters. The number of hydrogen-bond donors (Lipinski definition) is 0. The molecule has 0 atom stereocenters. The van der Waals surface area contributed by atoms with Gasteiger partial charge in [0, 0.05) is 12.7 Å². The Morgan fingerprint density at radius 3 is 2.59 bits per heavy atom. The molecular weight excluding hydrogens is 323 g/mol. The van der Waals surface area contributed by atoms with Crippen LogP contribution in [0.5, 0.6) is 5.19 Å². The van der Waals surface area contributed by atoms with Crippen molar-refractivity contribution < 1.29 is 62.3 Å². The van der Waals surface area contributed by atoms with E-state index in [1.807, 2.05) is 54.6 Å². The number of aromatic nitrogens is 1. The van der Waals surface area contributed by atoms with Gasteiger partial charge in [-0.25, -0.2) is 4.98 Å². The predicted molar refractivity (Wildman–Crippen MR) is 86.1 cm³/mol. The van der Waals surface area contributed by atoms with Crippen LogP contribution in [-0.4, -0.2) is 24.5 Å². The van der Waals surface area contributed by atoms with Crippen LogP contribution >= 0.6 is 11.3 Å². The second-order valence-electron chi connectivity index (χ2n) is 4.52. The van der Waals surface area contributed by atoms with E-state index in [0.29, 0.717) is 5.19 Å². The predicted octanol–water partition coefficient (Wildman–Crippen LogP) is 0.455. The second-order valence-corrected chi connectivity index (χ2v) is 5.52. The van der Waals surface area contributed by atoms with Crippen molar-refractivity contribution in [2.24, 2.45) is 0 Å². The van der Waals surface area contributed by atoms with Gasteiger partial charge in [0.05, 0.1) is 10.2 Å². The van der Waals surface area contributed by atoms with Crippen LogP contribution in [0.1, 0.15) is 1.43 Å². The molecule has 0 aliphatic heterocycles. The first-order chi connectivity index (χ1) is 10.2. The maximum Gasteiger partial charge on any atom is 1.00 e. The minimum atomic E-state index is -0.111. The maximum absolute atomic E-state index is 12.1. The summed E-state index contributed by atoms with van der Waals surface area (Å²) in [4.78, 5) is 18.0. The number of thiazole rings is 1. The number of anilines is 1. The zero-order chi connectivity index (χ0) is 14.7. The first kappa shape index (κ1) is 17.6. The zero-order valence-electron chi connectivity index (χ0n) is 13.5. The fourth-order valence-electron chi connectivity index (χ4n) is 1.93. The van der Waals surface area contributed by atoms with E-state index >= 15 is 0 Å². The molecule has 3 aromatic rings. The van der Waals surface area contributed by atoms with Crippen molar-refractivity contribution in [1.82, 2.24) is 4.98 Å². The van der Waals surface area contributed by atoms with Crippen molar-refractivity contribution in [3.05, 3.63) is 54.6 Å². The normalized spacial score (nSPS) is 10.0. The number of rotatable bonds is 4. The number of para-hydroxylation sites is 2. The molecule has 0 bridgehead atoms. The number of carbonyl (C=O) groups is 1. The van der Waals surface area contributed by atoms with Gasteiger partial charge in [0.1, 0.15) is 0 Å². The molecule has 0 N–H and O–H groups in total. The molecule has 1 amide bonds. The van der Waals surface area contributed by atoms with Crippen LogP contribution in [0.2, 0.25) is 0 Å².